The summed E-state index contributed by atoms with van der Waals surface area (Å²) >= 11 is 0. The van der Waals surface area contributed by atoms with E-state index in [0.29, 0.717) is 35.7 Å². The topological polar surface area (TPSA) is 97.9 Å². The van der Waals surface area contributed by atoms with E-state index in [1.165, 1.54) is 6.07 Å². The van der Waals surface area contributed by atoms with Crippen molar-refractivity contribution < 1.29 is 13.7 Å². The molecule has 29 heavy (non-hydrogen) atoms. The first-order chi connectivity index (χ1) is 14.0. The second kappa shape index (κ2) is 7.75. The molecule has 0 spiro atoms. The smallest absolute Gasteiger partial charge is 0.249 e. The molecule has 3 heterocycles. The molecule has 1 aliphatic rings. The fourth-order valence-corrected chi connectivity index (χ4v) is 3.63. The van der Waals surface area contributed by atoms with Crippen LogP contribution in [0.25, 0.3) is 11.4 Å². The number of rotatable bonds is 5. The Hall–Kier alpha value is -3.07. The monoisotopic (exact) mass is 398 g/mol. The Bertz CT molecular complexity index is 994. The summed E-state index contributed by atoms with van der Waals surface area (Å²) in [7, 11) is 0. The van der Waals surface area contributed by atoms with E-state index in [2.05, 4.69) is 25.9 Å². The Morgan fingerprint density at radius 2 is 2.17 bits per heavy atom. The molecule has 152 valence electrons. The summed E-state index contributed by atoms with van der Waals surface area (Å²) < 4.78 is 20.6. The van der Waals surface area contributed by atoms with Crippen LogP contribution < -0.4 is 10.6 Å². The van der Waals surface area contributed by atoms with Crippen LogP contribution in [0.4, 0.5) is 4.39 Å². The second-order valence-corrected chi connectivity index (χ2v) is 7.35. The number of amides is 1. The first-order valence-electron chi connectivity index (χ1n) is 9.61. The number of piperidine rings is 1. The first kappa shape index (κ1) is 19.3. The third kappa shape index (κ3) is 3.65. The molecule has 8 nitrogen and oxygen atoms in total. The number of aromatic nitrogens is 4. The van der Waals surface area contributed by atoms with Crippen LogP contribution in [0, 0.1) is 12.7 Å². The zero-order valence-corrected chi connectivity index (χ0v) is 16.4. The van der Waals surface area contributed by atoms with Gasteiger partial charge in [0, 0.05) is 18.0 Å². The Morgan fingerprint density at radius 3 is 2.86 bits per heavy atom. The summed E-state index contributed by atoms with van der Waals surface area (Å²) in [5.74, 6) is 0.226. The molecular weight excluding hydrogens is 375 g/mol. The van der Waals surface area contributed by atoms with Crippen LogP contribution in [0.2, 0.25) is 0 Å². The maximum atomic E-state index is 13.5. The average molecular weight is 398 g/mol. The van der Waals surface area contributed by atoms with Crippen molar-refractivity contribution in [3.63, 3.8) is 0 Å². The summed E-state index contributed by atoms with van der Waals surface area (Å²) in [5.41, 5.74) is 0.408. The summed E-state index contributed by atoms with van der Waals surface area (Å²) in [6.45, 7) is 4.94. The fourth-order valence-electron chi connectivity index (χ4n) is 3.63. The highest BCUT2D eigenvalue weighted by Gasteiger charge is 2.42. The van der Waals surface area contributed by atoms with E-state index >= 15 is 0 Å². The van der Waals surface area contributed by atoms with Crippen molar-refractivity contribution in [2.45, 2.75) is 38.3 Å². The minimum absolute atomic E-state index is 0.132. The highest BCUT2D eigenvalue weighted by Crippen LogP contribution is 2.28. The lowest BCUT2D eigenvalue weighted by molar-refractivity contribution is -0.132. The predicted molar refractivity (Wildman–Crippen MR) is 103 cm³/mol. The third-order valence-corrected chi connectivity index (χ3v) is 5.37. The van der Waals surface area contributed by atoms with Gasteiger partial charge < -0.3 is 15.2 Å². The quantitative estimate of drug-likeness (QED) is 0.685. The van der Waals surface area contributed by atoms with Gasteiger partial charge in [0.2, 0.25) is 17.6 Å². The number of benzene rings is 1. The number of carbonyl (C=O) groups excluding carboxylic acids is 1. The van der Waals surface area contributed by atoms with Crippen molar-refractivity contribution in [1.29, 1.82) is 0 Å². The number of hydrogen-bond donors (Lipinski definition) is 2. The lowest BCUT2D eigenvalue weighted by atomic mass is 9.87. The van der Waals surface area contributed by atoms with Crippen LogP contribution in [0.3, 0.4) is 0 Å². The number of halogens is 1. The molecule has 0 aliphatic carbocycles. The van der Waals surface area contributed by atoms with Gasteiger partial charge in [0.05, 0.1) is 0 Å². The van der Waals surface area contributed by atoms with E-state index in [9.17, 15) is 9.18 Å². The Labute approximate surface area is 167 Å². The largest absolute Gasteiger partial charge is 0.342 e. The molecule has 9 heteroatoms. The van der Waals surface area contributed by atoms with Crippen LogP contribution in [0.1, 0.15) is 37.3 Å². The molecule has 1 fully saturated rings. The molecule has 2 N–H and O–H groups in total. The van der Waals surface area contributed by atoms with Gasteiger partial charge in [0.15, 0.2) is 0 Å². The van der Waals surface area contributed by atoms with Gasteiger partial charge in [0.1, 0.15) is 17.4 Å². The van der Waals surface area contributed by atoms with Crippen LogP contribution >= 0.6 is 0 Å². The lowest BCUT2D eigenvalue weighted by Gasteiger charge is -2.36. The molecule has 0 bridgehead atoms. The Morgan fingerprint density at radius 1 is 1.38 bits per heavy atom. The molecule has 0 saturated carbocycles. The highest BCUT2D eigenvalue weighted by molar-refractivity contribution is 5.84. The fraction of sp³-hybridized carbons (Fsp3) is 0.400. The molecule has 2 aromatic heterocycles. The van der Waals surface area contributed by atoms with Gasteiger partial charge in [-0.15, -0.1) is 0 Å². The SMILES string of the molecule is Cc1cc(-c2noc(C(C)NC(=O)C3(n4cccn4)CCNCC3)n2)ccc1F. The molecule has 1 atom stereocenters. The van der Waals surface area contributed by atoms with E-state index in [1.807, 2.05) is 12.3 Å². The zero-order chi connectivity index (χ0) is 20.4. The zero-order valence-electron chi connectivity index (χ0n) is 16.4. The molecule has 1 saturated heterocycles. The third-order valence-electron chi connectivity index (χ3n) is 5.37. The van der Waals surface area contributed by atoms with Gasteiger partial charge >= 0.3 is 0 Å². The van der Waals surface area contributed by atoms with E-state index in [-0.39, 0.29) is 11.7 Å². The normalized spacial score (nSPS) is 17.1. The number of nitrogens with one attached hydrogen (secondary N) is 2. The van der Waals surface area contributed by atoms with Crippen molar-refractivity contribution in [3.05, 3.63) is 53.9 Å². The van der Waals surface area contributed by atoms with Crippen molar-refractivity contribution >= 4 is 5.91 Å². The van der Waals surface area contributed by atoms with E-state index in [4.69, 9.17) is 4.52 Å². The van der Waals surface area contributed by atoms with Gasteiger partial charge in [-0.2, -0.15) is 10.1 Å². The number of hydrogen-bond acceptors (Lipinski definition) is 6. The van der Waals surface area contributed by atoms with E-state index in [0.717, 1.165) is 13.1 Å². The minimum Gasteiger partial charge on any atom is -0.342 e. The number of nitrogens with zero attached hydrogens (tertiary/aromatic N) is 4. The van der Waals surface area contributed by atoms with Gasteiger partial charge in [-0.25, -0.2) is 4.39 Å². The van der Waals surface area contributed by atoms with Gasteiger partial charge in [0.25, 0.3) is 0 Å². The molecular formula is C20H23FN6O2. The molecule has 3 aromatic rings. The minimum atomic E-state index is -0.750. The standard InChI is InChI=1S/C20H23FN6O2/c1-13-12-15(4-5-16(13)21)17-25-18(29-26-17)14(2)24-19(28)20(6-9-22-10-7-20)27-11-3-8-23-27/h3-5,8,11-12,14,22H,6-7,9-10H2,1-2H3,(H,24,28). The van der Waals surface area contributed by atoms with E-state index in [1.54, 1.807) is 36.9 Å². The predicted octanol–water partition coefficient (Wildman–Crippen LogP) is 2.34. The van der Waals surface area contributed by atoms with Gasteiger partial charge in [-0.1, -0.05) is 5.16 Å². The second-order valence-electron chi connectivity index (χ2n) is 7.35. The van der Waals surface area contributed by atoms with Crippen molar-refractivity contribution in [2.75, 3.05) is 13.1 Å². The molecule has 1 aliphatic heterocycles. The molecule has 1 amide bonds. The average Bonchev–Trinajstić information content (AvgIpc) is 3.43. The van der Waals surface area contributed by atoms with Crippen molar-refractivity contribution in [3.8, 4) is 11.4 Å². The number of aryl methyl sites for hydroxylation is 1. The molecule has 0 radical (unpaired) electrons. The Balaban J connectivity index is 1.53. The summed E-state index contributed by atoms with van der Waals surface area (Å²) in [6, 6.07) is 5.97. The molecule has 1 aromatic carbocycles. The van der Waals surface area contributed by atoms with E-state index < -0.39 is 11.6 Å². The Kier molecular flexibility index (Phi) is 5.14. The maximum absolute atomic E-state index is 13.5. The van der Waals surface area contributed by atoms with Gasteiger partial charge in [-0.05, 0) is 69.6 Å². The van der Waals surface area contributed by atoms with Crippen LogP contribution in [-0.4, -0.2) is 38.9 Å². The lowest BCUT2D eigenvalue weighted by Crippen LogP contribution is -2.55. The first-order valence-corrected chi connectivity index (χ1v) is 9.61. The molecule has 4 rings (SSSR count). The summed E-state index contributed by atoms with van der Waals surface area (Å²) in [5, 5.41) is 14.6. The summed E-state index contributed by atoms with van der Waals surface area (Å²) in [6.07, 6.45) is 4.76. The maximum Gasteiger partial charge on any atom is 0.249 e. The number of carbonyl (C=O) groups is 1. The van der Waals surface area contributed by atoms with Crippen LogP contribution in [0.15, 0.2) is 41.2 Å². The van der Waals surface area contributed by atoms with Crippen LogP contribution in [0.5, 0.6) is 0 Å². The van der Waals surface area contributed by atoms with Crippen molar-refractivity contribution in [1.82, 2.24) is 30.6 Å². The summed E-state index contributed by atoms with van der Waals surface area (Å²) in [4.78, 5) is 17.6. The van der Waals surface area contributed by atoms with Crippen molar-refractivity contribution in [2.24, 2.45) is 0 Å². The molecule has 1 unspecified atom stereocenters. The van der Waals surface area contributed by atoms with Gasteiger partial charge in [-0.3, -0.25) is 9.48 Å². The van der Waals surface area contributed by atoms with Crippen LogP contribution in [-0.2, 0) is 10.3 Å². The highest BCUT2D eigenvalue weighted by atomic mass is 19.1.